The fourth-order valence-corrected chi connectivity index (χ4v) is 3.19. The SMILES string of the molecule is COC(=O)c1cnc(Nc2c(Br)cccc2Br)s1. The van der Waals surface area contributed by atoms with Crippen LogP contribution in [0, 0.1) is 0 Å². The molecule has 7 heteroatoms. The van der Waals surface area contributed by atoms with Gasteiger partial charge in [-0.1, -0.05) is 17.4 Å². The molecule has 0 aliphatic heterocycles. The van der Waals surface area contributed by atoms with Crippen LogP contribution in [0.4, 0.5) is 10.8 Å². The van der Waals surface area contributed by atoms with E-state index >= 15 is 0 Å². The smallest absolute Gasteiger partial charge is 0.349 e. The number of rotatable bonds is 3. The molecule has 0 unspecified atom stereocenters. The molecule has 4 nitrogen and oxygen atoms in total. The monoisotopic (exact) mass is 390 g/mol. The molecular formula is C11H8Br2N2O2S. The number of aromatic nitrogens is 1. The first-order chi connectivity index (χ1) is 8.61. The van der Waals surface area contributed by atoms with Gasteiger partial charge in [0.2, 0.25) is 0 Å². The van der Waals surface area contributed by atoms with E-state index in [0.717, 1.165) is 14.6 Å². The number of methoxy groups -OCH3 is 1. The summed E-state index contributed by atoms with van der Waals surface area (Å²) in [6.07, 6.45) is 1.49. The van der Waals surface area contributed by atoms with E-state index in [4.69, 9.17) is 0 Å². The van der Waals surface area contributed by atoms with Gasteiger partial charge in [-0.15, -0.1) is 0 Å². The highest BCUT2D eigenvalue weighted by Crippen LogP contribution is 2.34. The lowest BCUT2D eigenvalue weighted by Gasteiger charge is -2.07. The third-order valence-corrected chi connectivity index (χ3v) is 4.30. The summed E-state index contributed by atoms with van der Waals surface area (Å²) < 4.78 is 6.45. The first-order valence-electron chi connectivity index (χ1n) is 4.87. The number of thiazole rings is 1. The number of carbonyl (C=O) groups is 1. The number of hydrogen-bond acceptors (Lipinski definition) is 5. The van der Waals surface area contributed by atoms with E-state index in [-0.39, 0.29) is 5.97 Å². The van der Waals surface area contributed by atoms with E-state index in [1.54, 1.807) is 0 Å². The lowest BCUT2D eigenvalue weighted by atomic mass is 10.3. The number of nitrogens with one attached hydrogen (secondary N) is 1. The maximum absolute atomic E-state index is 11.3. The average molecular weight is 392 g/mol. The molecule has 2 rings (SSSR count). The molecule has 0 aliphatic carbocycles. The normalized spacial score (nSPS) is 10.2. The van der Waals surface area contributed by atoms with Crippen LogP contribution in [0.2, 0.25) is 0 Å². The summed E-state index contributed by atoms with van der Waals surface area (Å²) in [5, 5.41) is 3.77. The molecule has 0 saturated heterocycles. The van der Waals surface area contributed by atoms with Crippen LogP contribution in [0.1, 0.15) is 9.67 Å². The zero-order valence-corrected chi connectivity index (χ0v) is 13.2. The minimum atomic E-state index is -0.383. The van der Waals surface area contributed by atoms with Crippen LogP contribution in [0.3, 0.4) is 0 Å². The van der Waals surface area contributed by atoms with Gasteiger partial charge in [-0.25, -0.2) is 9.78 Å². The van der Waals surface area contributed by atoms with Gasteiger partial charge in [-0.3, -0.25) is 0 Å². The van der Waals surface area contributed by atoms with Gasteiger partial charge in [0, 0.05) is 8.95 Å². The topological polar surface area (TPSA) is 51.2 Å². The third kappa shape index (κ3) is 2.90. The van der Waals surface area contributed by atoms with Crippen LogP contribution in [0.25, 0.3) is 0 Å². The first kappa shape index (κ1) is 13.5. The van der Waals surface area contributed by atoms with Gasteiger partial charge in [0.25, 0.3) is 0 Å². The molecule has 0 atom stereocenters. The molecule has 0 bridgehead atoms. The van der Waals surface area contributed by atoms with Gasteiger partial charge < -0.3 is 10.1 Å². The number of carbonyl (C=O) groups excluding carboxylic acids is 1. The molecule has 1 heterocycles. The highest BCUT2D eigenvalue weighted by atomic mass is 79.9. The van der Waals surface area contributed by atoms with Crippen molar-refractivity contribution >= 4 is 60.0 Å². The molecule has 94 valence electrons. The molecule has 0 amide bonds. The predicted octanol–water partition coefficient (Wildman–Crippen LogP) is 4.20. The number of ether oxygens (including phenoxy) is 1. The van der Waals surface area contributed by atoms with Gasteiger partial charge >= 0.3 is 5.97 Å². The quantitative estimate of drug-likeness (QED) is 0.796. The van der Waals surface area contributed by atoms with Gasteiger partial charge in [0.15, 0.2) is 5.13 Å². The Bertz CT molecular complexity index is 566. The first-order valence-corrected chi connectivity index (χ1v) is 7.27. The van der Waals surface area contributed by atoms with Crippen LogP contribution in [0.15, 0.2) is 33.3 Å². The Hall–Kier alpha value is -0.920. The summed E-state index contributed by atoms with van der Waals surface area (Å²) in [6, 6.07) is 5.75. The number of hydrogen-bond donors (Lipinski definition) is 1. The fraction of sp³-hybridized carbons (Fsp3) is 0.0909. The summed E-state index contributed by atoms with van der Waals surface area (Å²) in [7, 11) is 1.35. The van der Waals surface area contributed by atoms with E-state index < -0.39 is 0 Å². The minimum absolute atomic E-state index is 0.383. The van der Waals surface area contributed by atoms with Crippen molar-refractivity contribution in [3.05, 3.63) is 38.2 Å². The Labute approximate surface area is 125 Å². The third-order valence-electron chi connectivity index (χ3n) is 2.09. The Kier molecular flexibility index (Phi) is 4.36. The second kappa shape index (κ2) is 5.81. The van der Waals surface area contributed by atoms with Crippen molar-refractivity contribution in [1.82, 2.24) is 4.98 Å². The molecule has 2 aromatic rings. The van der Waals surface area contributed by atoms with Gasteiger partial charge in [0.05, 0.1) is 19.0 Å². The van der Waals surface area contributed by atoms with Crippen LogP contribution in [-0.4, -0.2) is 18.1 Å². The van der Waals surface area contributed by atoms with Crippen LogP contribution in [0.5, 0.6) is 0 Å². The summed E-state index contributed by atoms with van der Waals surface area (Å²) >= 11 is 8.13. The maximum atomic E-state index is 11.3. The number of nitrogens with zero attached hydrogens (tertiary/aromatic N) is 1. The Morgan fingerprint density at radius 3 is 2.67 bits per heavy atom. The van der Waals surface area contributed by atoms with Gasteiger partial charge in [0.1, 0.15) is 4.88 Å². The summed E-state index contributed by atoms with van der Waals surface area (Å²) in [5.74, 6) is -0.383. The number of para-hydroxylation sites is 1. The molecule has 0 fully saturated rings. The number of anilines is 2. The Morgan fingerprint density at radius 2 is 2.06 bits per heavy atom. The van der Waals surface area contributed by atoms with E-state index in [9.17, 15) is 4.79 Å². The molecule has 18 heavy (non-hydrogen) atoms. The number of esters is 1. The minimum Gasteiger partial charge on any atom is -0.465 e. The van der Waals surface area contributed by atoms with Gasteiger partial charge in [-0.2, -0.15) is 0 Å². The molecule has 1 aromatic carbocycles. The predicted molar refractivity (Wildman–Crippen MR) is 78.6 cm³/mol. The number of benzene rings is 1. The molecule has 0 spiro atoms. The zero-order chi connectivity index (χ0) is 13.1. The Morgan fingerprint density at radius 1 is 1.39 bits per heavy atom. The molecule has 0 radical (unpaired) electrons. The fourth-order valence-electron chi connectivity index (χ4n) is 1.25. The molecule has 1 aromatic heterocycles. The van der Waals surface area contributed by atoms with Crippen molar-refractivity contribution in [3.8, 4) is 0 Å². The average Bonchev–Trinajstić information content (AvgIpc) is 2.81. The van der Waals surface area contributed by atoms with E-state index in [2.05, 4.69) is 46.9 Å². The lowest BCUT2D eigenvalue weighted by molar-refractivity contribution is 0.0606. The molecule has 0 aliphatic rings. The van der Waals surface area contributed by atoms with E-state index in [1.165, 1.54) is 24.6 Å². The van der Waals surface area contributed by atoms with Gasteiger partial charge in [-0.05, 0) is 44.0 Å². The largest absolute Gasteiger partial charge is 0.465 e. The highest BCUT2D eigenvalue weighted by Gasteiger charge is 2.12. The van der Waals surface area contributed by atoms with Crippen LogP contribution >= 0.6 is 43.2 Å². The van der Waals surface area contributed by atoms with E-state index in [1.807, 2.05) is 18.2 Å². The molecular weight excluding hydrogens is 384 g/mol. The summed E-state index contributed by atoms with van der Waals surface area (Å²) in [4.78, 5) is 15.9. The standard InChI is InChI=1S/C11H8Br2N2O2S/c1-17-10(16)8-5-14-11(18-8)15-9-6(12)3-2-4-7(9)13/h2-5H,1H3,(H,14,15). The Balaban J connectivity index is 2.24. The lowest BCUT2D eigenvalue weighted by Crippen LogP contribution is -1.96. The van der Waals surface area contributed by atoms with Crippen molar-refractivity contribution in [2.75, 3.05) is 12.4 Å². The summed E-state index contributed by atoms with van der Waals surface area (Å²) in [6.45, 7) is 0. The van der Waals surface area contributed by atoms with E-state index in [0.29, 0.717) is 10.0 Å². The van der Waals surface area contributed by atoms with Crippen molar-refractivity contribution in [2.24, 2.45) is 0 Å². The van der Waals surface area contributed by atoms with Crippen molar-refractivity contribution < 1.29 is 9.53 Å². The number of halogens is 2. The second-order valence-electron chi connectivity index (χ2n) is 3.24. The van der Waals surface area contributed by atoms with Crippen LogP contribution < -0.4 is 5.32 Å². The van der Waals surface area contributed by atoms with Crippen molar-refractivity contribution in [2.45, 2.75) is 0 Å². The van der Waals surface area contributed by atoms with Crippen molar-refractivity contribution in [1.29, 1.82) is 0 Å². The van der Waals surface area contributed by atoms with Crippen LogP contribution in [-0.2, 0) is 4.74 Å². The second-order valence-corrected chi connectivity index (χ2v) is 5.98. The zero-order valence-electron chi connectivity index (χ0n) is 9.24. The molecule has 0 saturated carbocycles. The van der Waals surface area contributed by atoms with Crippen molar-refractivity contribution in [3.63, 3.8) is 0 Å². The maximum Gasteiger partial charge on any atom is 0.349 e. The highest BCUT2D eigenvalue weighted by molar-refractivity contribution is 9.11. The molecule has 1 N–H and O–H groups in total. The summed E-state index contributed by atoms with van der Waals surface area (Å²) in [5.41, 5.74) is 0.864.